The first-order chi connectivity index (χ1) is 12.9. The van der Waals surface area contributed by atoms with Crippen molar-refractivity contribution in [2.75, 3.05) is 49.6 Å². The summed E-state index contributed by atoms with van der Waals surface area (Å²) >= 11 is 0. The largest absolute Gasteiger partial charge is 0.378 e. The maximum atomic E-state index is 12.4. The number of nitrogens with one attached hydrogen (secondary N) is 2. The molecule has 1 aliphatic heterocycles. The number of aromatic nitrogens is 3. The highest BCUT2D eigenvalue weighted by atomic mass is 32.2. The minimum absolute atomic E-state index is 0.0926. The molecule has 0 aromatic carbocycles. The lowest BCUT2D eigenvalue weighted by molar-refractivity contribution is 0.122. The van der Waals surface area contributed by atoms with Crippen LogP contribution in [0.1, 0.15) is 17.3 Å². The second-order valence-electron chi connectivity index (χ2n) is 6.24. The van der Waals surface area contributed by atoms with Crippen molar-refractivity contribution in [3.05, 3.63) is 23.3 Å². The summed E-state index contributed by atoms with van der Waals surface area (Å²) in [4.78, 5) is 11.1. The van der Waals surface area contributed by atoms with E-state index in [1.807, 2.05) is 13.0 Å². The molecule has 0 bridgehead atoms. The number of nitrogens with zero attached hydrogens (tertiary/aromatic N) is 4. The Morgan fingerprint density at radius 2 is 1.89 bits per heavy atom. The van der Waals surface area contributed by atoms with Crippen molar-refractivity contribution in [1.82, 2.24) is 19.8 Å². The van der Waals surface area contributed by atoms with Crippen molar-refractivity contribution in [1.29, 1.82) is 0 Å². The third-order valence-electron chi connectivity index (χ3n) is 4.12. The number of anilines is 2. The Morgan fingerprint density at radius 1 is 1.15 bits per heavy atom. The highest BCUT2D eigenvalue weighted by molar-refractivity contribution is 7.89. The number of sulfonamides is 1. The van der Waals surface area contributed by atoms with E-state index in [9.17, 15) is 8.42 Å². The zero-order valence-electron chi connectivity index (χ0n) is 15.7. The van der Waals surface area contributed by atoms with Gasteiger partial charge in [0.25, 0.3) is 0 Å². The molecule has 0 atom stereocenters. The third-order valence-corrected chi connectivity index (χ3v) is 5.82. The topological polar surface area (TPSA) is 122 Å². The molecule has 148 valence electrons. The summed E-state index contributed by atoms with van der Waals surface area (Å²) in [6, 6.07) is 1.86. The molecule has 0 unspecified atom stereocenters. The predicted molar refractivity (Wildman–Crippen MR) is 99.5 cm³/mol. The number of ether oxygens (including phenoxy) is 1. The van der Waals surface area contributed by atoms with Crippen LogP contribution in [0.25, 0.3) is 0 Å². The number of hydrogen-bond donors (Lipinski definition) is 2. The lowest BCUT2D eigenvalue weighted by Gasteiger charge is -2.28. The Balaban J connectivity index is 1.58. The zero-order valence-corrected chi connectivity index (χ0v) is 16.5. The fraction of sp³-hybridized carbons (Fsp3) is 0.562. The van der Waals surface area contributed by atoms with Gasteiger partial charge < -0.3 is 19.5 Å². The molecule has 3 heterocycles. The summed E-state index contributed by atoms with van der Waals surface area (Å²) in [5.41, 5.74) is 0.342. The second kappa shape index (κ2) is 8.19. The summed E-state index contributed by atoms with van der Waals surface area (Å²) in [6.07, 6.45) is 0. The second-order valence-corrected chi connectivity index (χ2v) is 7.94. The molecule has 1 fully saturated rings. The molecule has 11 heteroatoms. The van der Waals surface area contributed by atoms with Crippen molar-refractivity contribution in [3.8, 4) is 0 Å². The lowest BCUT2D eigenvalue weighted by atomic mass is 10.4. The summed E-state index contributed by atoms with van der Waals surface area (Å²) < 4.78 is 37.6. The van der Waals surface area contributed by atoms with Crippen molar-refractivity contribution in [2.45, 2.75) is 25.7 Å². The standard InChI is InChI=1S/C16H24N6O4S/c1-11-16(12(2)26-21-11)27(23,24)18-5-4-17-14-10-15(20-13(3)19-14)22-6-8-25-9-7-22/h10,18H,4-9H2,1-3H3,(H,17,19,20). The minimum atomic E-state index is -3.67. The van der Waals surface area contributed by atoms with Crippen LogP contribution in [0.2, 0.25) is 0 Å². The first-order valence-corrected chi connectivity index (χ1v) is 10.2. The van der Waals surface area contributed by atoms with Crippen LogP contribution in [-0.4, -0.2) is 62.9 Å². The average Bonchev–Trinajstić information content (AvgIpc) is 2.98. The molecule has 2 N–H and O–H groups in total. The molecule has 1 saturated heterocycles. The number of aryl methyl sites for hydroxylation is 3. The molecule has 0 saturated carbocycles. The minimum Gasteiger partial charge on any atom is -0.378 e. The van der Waals surface area contributed by atoms with Crippen molar-refractivity contribution < 1.29 is 17.7 Å². The Bertz CT molecular complexity index is 873. The fourth-order valence-corrected chi connectivity index (χ4v) is 4.26. The van der Waals surface area contributed by atoms with Gasteiger partial charge in [0.1, 0.15) is 28.0 Å². The van der Waals surface area contributed by atoms with Gasteiger partial charge >= 0.3 is 0 Å². The Morgan fingerprint density at radius 3 is 2.56 bits per heavy atom. The van der Waals surface area contributed by atoms with E-state index in [-0.39, 0.29) is 17.2 Å². The monoisotopic (exact) mass is 396 g/mol. The number of rotatable bonds is 7. The third kappa shape index (κ3) is 4.73. The van der Waals surface area contributed by atoms with Crippen LogP contribution in [0.15, 0.2) is 15.5 Å². The van der Waals surface area contributed by atoms with Crippen molar-refractivity contribution in [3.63, 3.8) is 0 Å². The molecular formula is C16H24N6O4S. The van der Waals surface area contributed by atoms with Gasteiger partial charge in [-0.3, -0.25) is 0 Å². The average molecular weight is 396 g/mol. The van der Waals surface area contributed by atoms with Crippen LogP contribution in [-0.2, 0) is 14.8 Å². The maximum absolute atomic E-state index is 12.4. The molecule has 3 rings (SSSR count). The van der Waals surface area contributed by atoms with Gasteiger partial charge in [-0.25, -0.2) is 23.1 Å². The van der Waals surface area contributed by atoms with Crippen LogP contribution in [0, 0.1) is 20.8 Å². The van der Waals surface area contributed by atoms with Gasteiger partial charge in [-0.1, -0.05) is 5.16 Å². The van der Waals surface area contributed by atoms with E-state index >= 15 is 0 Å². The van der Waals surface area contributed by atoms with Gasteiger partial charge in [-0.05, 0) is 20.8 Å². The normalized spacial score (nSPS) is 15.1. The summed E-state index contributed by atoms with van der Waals surface area (Å²) in [5.74, 6) is 2.41. The van der Waals surface area contributed by atoms with Gasteiger partial charge in [0.2, 0.25) is 10.0 Å². The molecule has 0 spiro atoms. The maximum Gasteiger partial charge on any atom is 0.246 e. The molecule has 0 aliphatic carbocycles. The van der Waals surface area contributed by atoms with E-state index in [1.165, 1.54) is 0 Å². The van der Waals surface area contributed by atoms with E-state index < -0.39 is 10.0 Å². The van der Waals surface area contributed by atoms with Crippen LogP contribution in [0.4, 0.5) is 11.6 Å². The SMILES string of the molecule is Cc1nc(NCCNS(=O)(=O)c2c(C)noc2C)cc(N2CCOCC2)n1. The van der Waals surface area contributed by atoms with Gasteiger partial charge in [0, 0.05) is 32.2 Å². The summed E-state index contributed by atoms with van der Waals surface area (Å²) in [7, 11) is -3.67. The van der Waals surface area contributed by atoms with Gasteiger partial charge in [0.05, 0.1) is 13.2 Å². The summed E-state index contributed by atoms with van der Waals surface area (Å²) in [6.45, 7) is 8.49. The molecule has 2 aromatic rings. The van der Waals surface area contributed by atoms with E-state index in [0.717, 1.165) is 18.9 Å². The van der Waals surface area contributed by atoms with Gasteiger partial charge in [0.15, 0.2) is 5.76 Å². The summed E-state index contributed by atoms with van der Waals surface area (Å²) in [5, 5.41) is 6.82. The molecule has 2 aromatic heterocycles. The van der Waals surface area contributed by atoms with E-state index in [0.29, 0.717) is 37.1 Å². The van der Waals surface area contributed by atoms with Crippen LogP contribution >= 0.6 is 0 Å². The highest BCUT2D eigenvalue weighted by Gasteiger charge is 2.23. The zero-order chi connectivity index (χ0) is 19.4. The van der Waals surface area contributed by atoms with E-state index in [4.69, 9.17) is 9.26 Å². The first-order valence-electron chi connectivity index (χ1n) is 8.71. The fourth-order valence-electron chi connectivity index (χ4n) is 2.90. The number of hydrogen-bond acceptors (Lipinski definition) is 9. The van der Waals surface area contributed by atoms with Gasteiger partial charge in [-0.2, -0.15) is 0 Å². The molecule has 0 radical (unpaired) electrons. The van der Waals surface area contributed by atoms with E-state index in [1.54, 1.807) is 13.8 Å². The highest BCUT2D eigenvalue weighted by Crippen LogP contribution is 2.19. The Labute approximate surface area is 158 Å². The number of morpholine rings is 1. The van der Waals surface area contributed by atoms with Crippen molar-refractivity contribution in [2.24, 2.45) is 0 Å². The van der Waals surface area contributed by atoms with Crippen LogP contribution in [0.3, 0.4) is 0 Å². The Kier molecular flexibility index (Phi) is 5.92. The van der Waals surface area contributed by atoms with Crippen molar-refractivity contribution >= 4 is 21.7 Å². The molecule has 27 heavy (non-hydrogen) atoms. The van der Waals surface area contributed by atoms with Crippen LogP contribution in [0.5, 0.6) is 0 Å². The van der Waals surface area contributed by atoms with Gasteiger partial charge in [-0.15, -0.1) is 0 Å². The van der Waals surface area contributed by atoms with Crippen LogP contribution < -0.4 is 14.9 Å². The molecular weight excluding hydrogens is 372 g/mol. The molecule has 0 amide bonds. The first kappa shape index (κ1) is 19.5. The smallest absolute Gasteiger partial charge is 0.246 e. The lowest BCUT2D eigenvalue weighted by Crippen LogP contribution is -2.37. The predicted octanol–water partition coefficient (Wildman–Crippen LogP) is 0.617. The Hall–Kier alpha value is -2.24. The quantitative estimate of drug-likeness (QED) is 0.648. The molecule has 10 nitrogen and oxygen atoms in total. The van der Waals surface area contributed by atoms with E-state index in [2.05, 4.69) is 30.1 Å². The molecule has 1 aliphatic rings.